The maximum atomic E-state index is 12.0. The molecule has 1 aliphatic heterocycles. The highest BCUT2D eigenvalue weighted by atomic mass is 16.6. The molecular formula is C18H28O7. The number of ether oxygens (including phenoxy) is 4. The monoisotopic (exact) mass is 356 g/mol. The molecular weight excluding hydrogens is 328 g/mol. The van der Waals surface area contributed by atoms with Crippen molar-refractivity contribution in [1.29, 1.82) is 0 Å². The lowest BCUT2D eigenvalue weighted by Crippen LogP contribution is -2.48. The Balaban J connectivity index is 2.89. The topological polar surface area (TPSA) is 88.1 Å². The molecule has 0 unspecified atom stereocenters. The van der Waals surface area contributed by atoms with Gasteiger partial charge in [-0.2, -0.15) is 0 Å². The number of carbonyl (C=O) groups excluding carboxylic acids is 3. The van der Waals surface area contributed by atoms with Crippen LogP contribution in [0.15, 0.2) is 12.3 Å². The van der Waals surface area contributed by atoms with Crippen molar-refractivity contribution in [2.75, 3.05) is 6.61 Å². The van der Waals surface area contributed by atoms with Crippen LogP contribution in [0.5, 0.6) is 0 Å². The van der Waals surface area contributed by atoms with Gasteiger partial charge in [-0.25, -0.2) is 0 Å². The zero-order chi connectivity index (χ0) is 19.1. The summed E-state index contributed by atoms with van der Waals surface area (Å²) in [5.74, 6) is -2.22. The van der Waals surface area contributed by atoms with E-state index < -0.39 is 30.3 Å². The molecule has 0 saturated heterocycles. The molecule has 0 bridgehead atoms. The fourth-order valence-corrected chi connectivity index (χ4v) is 1.88. The van der Waals surface area contributed by atoms with Crippen LogP contribution in [-0.2, 0) is 33.3 Å². The molecule has 0 saturated carbocycles. The molecule has 25 heavy (non-hydrogen) atoms. The molecule has 0 aromatic rings. The van der Waals surface area contributed by atoms with Crippen molar-refractivity contribution in [3.63, 3.8) is 0 Å². The summed E-state index contributed by atoms with van der Waals surface area (Å²) in [6, 6.07) is 0. The van der Waals surface area contributed by atoms with E-state index in [0.29, 0.717) is 0 Å². The lowest BCUT2D eigenvalue weighted by atomic mass is 10.0. The predicted molar refractivity (Wildman–Crippen MR) is 89.2 cm³/mol. The molecule has 0 aromatic carbocycles. The standard InChI is InChI=1S/C18H28O7/c1-10(2)16(19)23-9-14-15(25-18(21)12(5)6)13(7-8-22-14)24-17(20)11(3)4/h7-8,10-15H,9H2,1-6H3/t13-,14-,15-/m1/s1. The molecule has 0 N–H and O–H groups in total. The minimum absolute atomic E-state index is 0.104. The van der Waals surface area contributed by atoms with Crippen molar-refractivity contribution in [2.45, 2.75) is 59.9 Å². The Morgan fingerprint density at radius 3 is 1.92 bits per heavy atom. The normalized spacial score (nSPS) is 22.7. The van der Waals surface area contributed by atoms with Gasteiger partial charge in [-0.15, -0.1) is 0 Å². The van der Waals surface area contributed by atoms with Crippen molar-refractivity contribution in [1.82, 2.24) is 0 Å². The first-order chi connectivity index (χ1) is 11.6. The van der Waals surface area contributed by atoms with Gasteiger partial charge in [0.25, 0.3) is 0 Å². The first-order valence-electron chi connectivity index (χ1n) is 8.53. The lowest BCUT2D eigenvalue weighted by Gasteiger charge is -2.34. The minimum Gasteiger partial charge on any atom is -0.491 e. The molecule has 1 heterocycles. The van der Waals surface area contributed by atoms with Crippen LogP contribution in [0.3, 0.4) is 0 Å². The second-order valence-electron chi connectivity index (χ2n) is 6.90. The highest BCUT2D eigenvalue weighted by molar-refractivity contribution is 5.73. The largest absolute Gasteiger partial charge is 0.491 e. The molecule has 0 aliphatic carbocycles. The Hall–Kier alpha value is -2.05. The van der Waals surface area contributed by atoms with Crippen molar-refractivity contribution in [2.24, 2.45) is 17.8 Å². The van der Waals surface area contributed by atoms with Crippen molar-refractivity contribution < 1.29 is 33.3 Å². The van der Waals surface area contributed by atoms with E-state index in [0.717, 1.165) is 0 Å². The summed E-state index contributed by atoms with van der Waals surface area (Å²) in [6.07, 6.45) is 0.447. The molecule has 142 valence electrons. The summed E-state index contributed by atoms with van der Waals surface area (Å²) < 4.78 is 21.5. The smallest absolute Gasteiger partial charge is 0.309 e. The summed E-state index contributed by atoms with van der Waals surface area (Å²) in [7, 11) is 0. The summed E-state index contributed by atoms with van der Waals surface area (Å²) in [4.78, 5) is 35.6. The zero-order valence-electron chi connectivity index (χ0n) is 15.7. The molecule has 0 radical (unpaired) electrons. The average Bonchev–Trinajstić information content (AvgIpc) is 2.53. The Labute approximate surface area is 148 Å². The van der Waals surface area contributed by atoms with Gasteiger partial charge in [0.1, 0.15) is 6.61 Å². The SMILES string of the molecule is CC(C)C(=O)OC[C@H]1OC=C[C@@H](OC(=O)C(C)C)[C@H]1OC(=O)C(C)C. The van der Waals surface area contributed by atoms with Crippen LogP contribution in [0, 0.1) is 17.8 Å². The summed E-state index contributed by atoms with van der Waals surface area (Å²) >= 11 is 0. The van der Waals surface area contributed by atoms with Crippen LogP contribution in [0.2, 0.25) is 0 Å². The third-order valence-corrected chi connectivity index (χ3v) is 3.52. The molecule has 0 aromatic heterocycles. The van der Waals surface area contributed by atoms with E-state index >= 15 is 0 Å². The van der Waals surface area contributed by atoms with Gasteiger partial charge in [0.2, 0.25) is 0 Å². The highest BCUT2D eigenvalue weighted by Crippen LogP contribution is 2.22. The second kappa shape index (κ2) is 9.44. The Morgan fingerprint density at radius 2 is 1.40 bits per heavy atom. The number of hydrogen-bond acceptors (Lipinski definition) is 7. The molecule has 7 heteroatoms. The Kier molecular flexibility index (Phi) is 7.93. The number of hydrogen-bond donors (Lipinski definition) is 0. The quantitative estimate of drug-likeness (QED) is 0.510. The molecule has 1 aliphatic rings. The molecule has 0 amide bonds. The molecule has 0 fully saturated rings. The molecule has 0 spiro atoms. The third kappa shape index (κ3) is 6.40. The van der Waals surface area contributed by atoms with Gasteiger partial charge < -0.3 is 18.9 Å². The van der Waals surface area contributed by atoms with E-state index in [1.54, 1.807) is 41.5 Å². The third-order valence-electron chi connectivity index (χ3n) is 3.52. The molecule has 1 rings (SSSR count). The van der Waals surface area contributed by atoms with Crippen LogP contribution in [0.1, 0.15) is 41.5 Å². The Morgan fingerprint density at radius 1 is 0.880 bits per heavy atom. The molecule has 3 atom stereocenters. The predicted octanol–water partition coefficient (Wildman–Crippen LogP) is 2.23. The number of rotatable bonds is 7. The van der Waals surface area contributed by atoms with Crippen molar-refractivity contribution in [3.05, 3.63) is 12.3 Å². The summed E-state index contributed by atoms with van der Waals surface area (Å²) in [5, 5.41) is 0. The zero-order valence-corrected chi connectivity index (χ0v) is 15.7. The van der Waals surface area contributed by atoms with E-state index in [2.05, 4.69) is 0 Å². The lowest BCUT2D eigenvalue weighted by molar-refractivity contribution is -0.185. The van der Waals surface area contributed by atoms with E-state index in [1.165, 1.54) is 12.3 Å². The van der Waals surface area contributed by atoms with Crippen LogP contribution >= 0.6 is 0 Å². The fraction of sp³-hybridized carbons (Fsp3) is 0.722. The summed E-state index contributed by atoms with van der Waals surface area (Å²) in [6.45, 7) is 10.1. The Bertz CT molecular complexity index is 508. The van der Waals surface area contributed by atoms with Gasteiger partial charge in [-0.1, -0.05) is 41.5 Å². The number of esters is 3. The maximum Gasteiger partial charge on any atom is 0.309 e. The first-order valence-corrected chi connectivity index (χ1v) is 8.53. The second-order valence-corrected chi connectivity index (χ2v) is 6.90. The van der Waals surface area contributed by atoms with Gasteiger partial charge in [0.15, 0.2) is 18.3 Å². The van der Waals surface area contributed by atoms with E-state index in [-0.39, 0.29) is 30.3 Å². The summed E-state index contributed by atoms with van der Waals surface area (Å²) in [5.41, 5.74) is 0. The van der Waals surface area contributed by atoms with Gasteiger partial charge >= 0.3 is 17.9 Å². The van der Waals surface area contributed by atoms with Gasteiger partial charge in [-0.3, -0.25) is 14.4 Å². The minimum atomic E-state index is -0.887. The van der Waals surface area contributed by atoms with Crippen LogP contribution in [0.4, 0.5) is 0 Å². The first kappa shape index (κ1) is 21.0. The van der Waals surface area contributed by atoms with Crippen LogP contribution < -0.4 is 0 Å². The average molecular weight is 356 g/mol. The maximum absolute atomic E-state index is 12.0. The van der Waals surface area contributed by atoms with Crippen LogP contribution in [-0.4, -0.2) is 42.8 Å². The van der Waals surface area contributed by atoms with Crippen molar-refractivity contribution in [3.8, 4) is 0 Å². The van der Waals surface area contributed by atoms with Gasteiger partial charge in [-0.05, 0) is 6.08 Å². The van der Waals surface area contributed by atoms with Crippen molar-refractivity contribution >= 4 is 17.9 Å². The van der Waals surface area contributed by atoms with E-state index in [9.17, 15) is 14.4 Å². The van der Waals surface area contributed by atoms with Gasteiger partial charge in [0.05, 0.1) is 24.0 Å². The van der Waals surface area contributed by atoms with E-state index in [1.807, 2.05) is 0 Å². The van der Waals surface area contributed by atoms with Crippen LogP contribution in [0.25, 0.3) is 0 Å². The van der Waals surface area contributed by atoms with E-state index in [4.69, 9.17) is 18.9 Å². The molecule has 7 nitrogen and oxygen atoms in total. The number of carbonyl (C=O) groups is 3. The van der Waals surface area contributed by atoms with Gasteiger partial charge in [0, 0.05) is 0 Å². The fourth-order valence-electron chi connectivity index (χ4n) is 1.88. The highest BCUT2D eigenvalue weighted by Gasteiger charge is 2.39.